The van der Waals surface area contributed by atoms with Crippen LogP contribution < -0.4 is 0 Å². The molecule has 0 aliphatic heterocycles. The fourth-order valence-electron chi connectivity index (χ4n) is 3.03. The number of allylic oxidation sites excluding steroid dienone is 1. The minimum Gasteiger partial charge on any atom is -0.346 e. The van der Waals surface area contributed by atoms with Crippen molar-refractivity contribution in [1.29, 1.82) is 0 Å². The highest BCUT2D eigenvalue weighted by Crippen LogP contribution is 2.32. The summed E-state index contributed by atoms with van der Waals surface area (Å²) in [6, 6.07) is 11.8. The summed E-state index contributed by atoms with van der Waals surface area (Å²) >= 11 is 1.51. The number of carbonyl (C=O) groups is 2. The van der Waals surface area contributed by atoms with E-state index in [4.69, 9.17) is 0 Å². The van der Waals surface area contributed by atoms with Gasteiger partial charge in [-0.2, -0.15) is 11.3 Å². The Kier molecular flexibility index (Phi) is 5.97. The highest BCUT2D eigenvalue weighted by atomic mass is 32.1. The van der Waals surface area contributed by atoms with Crippen LogP contribution in [0.15, 0.2) is 59.4 Å². The lowest BCUT2D eigenvalue weighted by Crippen LogP contribution is -2.05. The highest BCUT2D eigenvalue weighted by Gasteiger charge is 2.23. The lowest BCUT2D eigenvalue weighted by molar-refractivity contribution is -0.104. The van der Waals surface area contributed by atoms with Crippen molar-refractivity contribution in [2.24, 2.45) is 0 Å². The molecule has 2 aromatic heterocycles. The molecule has 0 spiro atoms. The van der Waals surface area contributed by atoms with Crippen molar-refractivity contribution in [2.75, 3.05) is 0 Å². The van der Waals surface area contributed by atoms with E-state index in [0.717, 1.165) is 42.5 Å². The van der Waals surface area contributed by atoms with Gasteiger partial charge in [-0.15, -0.1) is 0 Å². The summed E-state index contributed by atoms with van der Waals surface area (Å²) in [7, 11) is 0. The van der Waals surface area contributed by atoms with Gasteiger partial charge < -0.3 is 4.57 Å². The number of aryl methyl sites for hydroxylation is 1. The number of unbranched alkanes of at least 4 members (excludes halogenated alkanes) is 1. The second-order valence-electron chi connectivity index (χ2n) is 6.06. The number of aldehydes is 1. The molecule has 4 heteroatoms. The molecule has 3 rings (SSSR count). The van der Waals surface area contributed by atoms with E-state index in [0.29, 0.717) is 11.1 Å². The molecule has 0 radical (unpaired) electrons. The van der Waals surface area contributed by atoms with Gasteiger partial charge in [-0.1, -0.05) is 43.7 Å². The number of hydrogen-bond donors (Lipinski definition) is 0. The van der Waals surface area contributed by atoms with Gasteiger partial charge in [0.2, 0.25) is 0 Å². The predicted molar refractivity (Wildman–Crippen MR) is 108 cm³/mol. The van der Waals surface area contributed by atoms with Crippen LogP contribution in [-0.2, 0) is 11.3 Å². The summed E-state index contributed by atoms with van der Waals surface area (Å²) in [6.07, 6.45) is 7.99. The topological polar surface area (TPSA) is 39.1 Å². The van der Waals surface area contributed by atoms with E-state index in [1.807, 2.05) is 53.4 Å². The van der Waals surface area contributed by atoms with E-state index < -0.39 is 0 Å². The van der Waals surface area contributed by atoms with Crippen LogP contribution >= 0.6 is 11.3 Å². The number of ketones is 1. The lowest BCUT2D eigenvalue weighted by atomic mass is 9.98. The summed E-state index contributed by atoms with van der Waals surface area (Å²) in [4.78, 5) is 24.1. The molecule has 0 saturated carbocycles. The van der Waals surface area contributed by atoms with Crippen molar-refractivity contribution < 1.29 is 9.59 Å². The average molecular weight is 363 g/mol. The van der Waals surface area contributed by atoms with Gasteiger partial charge in [-0.3, -0.25) is 9.59 Å². The minimum absolute atomic E-state index is 0.00843. The Morgan fingerprint density at radius 1 is 1.19 bits per heavy atom. The molecule has 1 aromatic carbocycles. The van der Waals surface area contributed by atoms with Gasteiger partial charge >= 0.3 is 0 Å². The highest BCUT2D eigenvalue weighted by molar-refractivity contribution is 7.08. The Labute approximate surface area is 157 Å². The fourth-order valence-corrected chi connectivity index (χ4v) is 3.67. The summed E-state index contributed by atoms with van der Waals surface area (Å²) in [5.74, 6) is -0.00843. The zero-order valence-corrected chi connectivity index (χ0v) is 15.5. The van der Waals surface area contributed by atoms with Gasteiger partial charge in [0.25, 0.3) is 0 Å². The van der Waals surface area contributed by atoms with Crippen molar-refractivity contribution in [3.63, 3.8) is 0 Å². The Bertz CT molecular complexity index is 905. The Hall–Kier alpha value is -2.72. The first-order chi connectivity index (χ1) is 12.8. The maximum absolute atomic E-state index is 13.2. The van der Waals surface area contributed by atoms with Crippen LogP contribution in [0.25, 0.3) is 17.3 Å². The second-order valence-corrected chi connectivity index (χ2v) is 6.84. The van der Waals surface area contributed by atoms with Gasteiger partial charge in [0.15, 0.2) is 5.78 Å². The zero-order valence-electron chi connectivity index (χ0n) is 14.7. The number of aromatic nitrogens is 1. The molecule has 0 unspecified atom stereocenters. The van der Waals surface area contributed by atoms with Crippen LogP contribution in [0.4, 0.5) is 0 Å². The molecule has 0 atom stereocenters. The van der Waals surface area contributed by atoms with E-state index in [1.54, 1.807) is 6.08 Å². The van der Waals surface area contributed by atoms with Crippen molar-refractivity contribution in [1.82, 2.24) is 4.57 Å². The molecule has 3 nitrogen and oxygen atoms in total. The predicted octanol–water partition coefficient (Wildman–Crippen LogP) is 5.46. The third kappa shape index (κ3) is 3.75. The fraction of sp³-hybridized carbons (Fsp3) is 0.182. The summed E-state index contributed by atoms with van der Waals surface area (Å²) < 4.78 is 2.14. The number of hydrogen-bond acceptors (Lipinski definition) is 3. The summed E-state index contributed by atoms with van der Waals surface area (Å²) in [5, 5.41) is 3.78. The Morgan fingerprint density at radius 2 is 2.00 bits per heavy atom. The number of rotatable bonds is 8. The normalized spacial score (nSPS) is 11.1. The van der Waals surface area contributed by atoms with Gasteiger partial charge in [0, 0.05) is 29.2 Å². The molecular formula is C22H21NO2S. The first kappa shape index (κ1) is 18.1. The van der Waals surface area contributed by atoms with Gasteiger partial charge in [-0.25, -0.2) is 0 Å². The largest absolute Gasteiger partial charge is 0.346 e. The molecule has 0 N–H and O–H groups in total. The number of carbonyl (C=O) groups excluding carboxylic acids is 2. The van der Waals surface area contributed by atoms with Crippen LogP contribution in [0, 0.1) is 0 Å². The third-order valence-corrected chi connectivity index (χ3v) is 4.96. The van der Waals surface area contributed by atoms with E-state index >= 15 is 0 Å². The number of benzene rings is 1. The van der Waals surface area contributed by atoms with E-state index in [1.165, 1.54) is 17.4 Å². The van der Waals surface area contributed by atoms with E-state index in [2.05, 4.69) is 11.5 Å². The van der Waals surface area contributed by atoms with Gasteiger partial charge in [0.1, 0.15) is 6.29 Å². The van der Waals surface area contributed by atoms with Gasteiger partial charge in [-0.05, 0) is 35.6 Å². The zero-order chi connectivity index (χ0) is 18.4. The molecule has 0 aliphatic rings. The lowest BCUT2D eigenvalue weighted by Gasteiger charge is -2.11. The molecular weight excluding hydrogens is 342 g/mol. The molecule has 0 bridgehead atoms. The number of nitrogens with zero attached hydrogens (tertiary/aromatic N) is 1. The van der Waals surface area contributed by atoms with Crippen molar-refractivity contribution >= 4 is 29.5 Å². The van der Waals surface area contributed by atoms with E-state index in [9.17, 15) is 9.59 Å². The van der Waals surface area contributed by atoms with E-state index in [-0.39, 0.29) is 5.78 Å². The summed E-state index contributed by atoms with van der Waals surface area (Å²) in [6.45, 7) is 2.98. The monoisotopic (exact) mass is 363 g/mol. The Balaban J connectivity index is 2.23. The second kappa shape index (κ2) is 8.59. The van der Waals surface area contributed by atoms with Crippen molar-refractivity contribution in [3.8, 4) is 11.3 Å². The maximum Gasteiger partial charge on any atom is 0.196 e. The minimum atomic E-state index is -0.00843. The molecule has 26 heavy (non-hydrogen) atoms. The first-order valence-electron chi connectivity index (χ1n) is 8.73. The van der Waals surface area contributed by atoms with Crippen LogP contribution in [0.1, 0.15) is 41.3 Å². The van der Waals surface area contributed by atoms with Crippen LogP contribution in [-0.4, -0.2) is 16.6 Å². The molecule has 0 fully saturated rings. The molecule has 0 aliphatic carbocycles. The van der Waals surface area contributed by atoms with Gasteiger partial charge in [0.05, 0.1) is 11.3 Å². The van der Waals surface area contributed by atoms with Crippen molar-refractivity contribution in [2.45, 2.75) is 26.3 Å². The Morgan fingerprint density at radius 3 is 2.65 bits per heavy atom. The smallest absolute Gasteiger partial charge is 0.196 e. The number of thiophene rings is 1. The van der Waals surface area contributed by atoms with Crippen LogP contribution in [0.5, 0.6) is 0 Å². The summed E-state index contributed by atoms with van der Waals surface area (Å²) in [5.41, 5.74) is 4.04. The molecule has 3 aromatic rings. The third-order valence-electron chi connectivity index (χ3n) is 4.27. The molecule has 0 saturated heterocycles. The quantitative estimate of drug-likeness (QED) is 0.303. The SMILES string of the molecule is CCCCn1cc(/C=C/C=O)c(C(=O)c2ccsc2)c1-c1ccccc1. The van der Waals surface area contributed by atoms with Crippen LogP contribution in [0.3, 0.4) is 0 Å². The first-order valence-corrected chi connectivity index (χ1v) is 9.67. The molecule has 2 heterocycles. The maximum atomic E-state index is 13.2. The standard InChI is InChI=1S/C22H21NO2S/c1-2-3-12-23-15-18(10-7-13-24)20(22(25)19-11-14-26-16-19)21(23)17-8-5-4-6-9-17/h4-11,13-16H,2-3,12H2,1H3/b10-7+. The van der Waals surface area contributed by atoms with Crippen LogP contribution in [0.2, 0.25) is 0 Å². The average Bonchev–Trinajstić information content (AvgIpc) is 3.33. The van der Waals surface area contributed by atoms with Crippen molar-refractivity contribution in [3.05, 3.63) is 76.1 Å². The molecule has 132 valence electrons. The molecule has 0 amide bonds.